The predicted molar refractivity (Wildman–Crippen MR) is 551 cm³/mol. The first-order chi connectivity index (χ1) is 71.2. The Hall–Kier alpha value is -19.0. The average Bonchev–Trinajstić information content (AvgIpc) is 1.62. The van der Waals surface area contributed by atoms with E-state index in [2.05, 4.69) is 0 Å². The van der Waals surface area contributed by atoms with Gasteiger partial charge in [0, 0.05) is 72.7 Å². The Kier molecular flexibility index (Phi) is 34.9. The van der Waals surface area contributed by atoms with Crippen molar-refractivity contribution in [1.29, 1.82) is 0 Å². The second kappa shape index (κ2) is 47.7. The van der Waals surface area contributed by atoms with Gasteiger partial charge in [0.1, 0.15) is 28.7 Å². The fourth-order valence-corrected chi connectivity index (χ4v) is 17.4. The summed E-state index contributed by atoms with van der Waals surface area (Å²) in [6.07, 6.45) is -8.66. The number of nitrogens with two attached hydrogens (primary N) is 6. The number of primary amides is 6. The lowest BCUT2D eigenvalue weighted by molar-refractivity contribution is -0.905. The van der Waals surface area contributed by atoms with Crippen LogP contribution in [0, 0.1) is 40.5 Å². The molecule has 5 aromatic heterocycles. The first kappa shape index (κ1) is 110. The van der Waals surface area contributed by atoms with E-state index in [1.807, 2.05) is 165 Å². The lowest BCUT2D eigenvalue weighted by Crippen LogP contribution is -2.53. The van der Waals surface area contributed by atoms with Gasteiger partial charge < -0.3 is 101 Å². The van der Waals surface area contributed by atoms with Crippen molar-refractivity contribution >= 4 is 143 Å². The molecule has 11 aromatic carbocycles. The maximum Gasteiger partial charge on any atom is 0.405 e. The average molecular weight is 2040 g/mol. The molecule has 0 fully saturated rings. The maximum absolute atomic E-state index is 13.8. The Bertz CT molecular complexity index is 7740. The van der Waals surface area contributed by atoms with E-state index in [1.165, 1.54) is 12.1 Å². The van der Waals surface area contributed by atoms with Crippen LogP contribution in [-0.2, 0) is 80.7 Å². The van der Waals surface area contributed by atoms with E-state index in [-0.39, 0.29) is 77.7 Å². The molecule has 0 aliphatic carbocycles. The number of amides is 6. The van der Waals surface area contributed by atoms with Crippen LogP contribution in [0.3, 0.4) is 0 Å². The molecule has 5 atom stereocenters. The lowest BCUT2D eigenvalue weighted by Gasteiger charge is -2.30. The molecule has 6 amide bonds. The second-order valence-electron chi connectivity index (χ2n) is 35.8. The van der Waals surface area contributed by atoms with Crippen molar-refractivity contribution in [3.05, 3.63) is 363 Å². The molecular weight excluding hydrogens is 1940 g/mol. The summed E-state index contributed by atoms with van der Waals surface area (Å²) >= 11 is 0. The van der Waals surface area contributed by atoms with Gasteiger partial charge in [0.15, 0.2) is 6.10 Å². The van der Waals surface area contributed by atoms with Crippen LogP contribution < -0.4 is 58.1 Å². The quantitative estimate of drug-likeness (QED) is 0.00743. The minimum Gasteiger partial charge on any atom is -0.478 e. The molecule has 38 heteroatoms. The Morgan fingerprint density at radius 3 is 0.713 bits per heavy atom. The van der Waals surface area contributed by atoms with Crippen molar-refractivity contribution in [3.8, 4) is 28.7 Å². The first-order valence-corrected chi connectivity index (χ1v) is 46.4. The number of quaternary nitrogens is 1. The number of likely N-dealkylation sites (N-methyl/N-ethyl adjacent to an activating group) is 1. The Labute approximate surface area is 855 Å². The number of ketones is 5. The van der Waals surface area contributed by atoms with Crippen molar-refractivity contribution in [3.63, 3.8) is 0 Å². The number of carboxylic acid groups (broad SMARTS) is 4. The Balaban J connectivity index is 0.000000166. The SMILES string of the molecule is Cc1c(C(=O)C(N)=O)c2c(OC(C(=O)O)C(C)C)cccc2n1Cc1ccccc1.Cc1c(C(=O)C(N)=O)c2c(OC(C(=O)O)[N+](C)(C)C)cccc2n1Cc1ccccc1.Cc1c(C(=O)C(N)=O)c2c(OC(C(=O)O)c3ccccc3)cccc2n1Cc1ccccc1.Cc1c(C(=O)C(N)=O)c2c(OC(F)C(=O)O)cccc2n1Cc1ccccc1.Cc1c(C(=O)C(N)=O)c2c(OC(F)C(N)=O)cccc2n1Cc1ccccc1. The fourth-order valence-electron chi connectivity index (χ4n) is 17.4. The summed E-state index contributed by atoms with van der Waals surface area (Å²) in [4.78, 5) is 179. The monoisotopic (exact) mass is 2040 g/mol. The lowest BCUT2D eigenvalue weighted by atomic mass is 10.0. The Morgan fingerprint density at radius 2 is 0.507 bits per heavy atom. The highest BCUT2D eigenvalue weighted by Crippen LogP contribution is 2.43. The van der Waals surface area contributed by atoms with Crippen LogP contribution in [0.5, 0.6) is 28.7 Å². The summed E-state index contributed by atoms with van der Waals surface area (Å²) in [5, 5.41) is 39.3. The molecule has 5 unspecified atom stereocenters. The topological polar surface area (TPSA) is 564 Å². The van der Waals surface area contributed by atoms with Crippen molar-refractivity contribution < 1.29 is 129 Å². The largest absolute Gasteiger partial charge is 0.478 e. The third-order valence-corrected chi connectivity index (χ3v) is 24.4. The van der Waals surface area contributed by atoms with Gasteiger partial charge in [-0.15, -0.1) is 0 Å². The molecule has 0 spiro atoms. The minimum absolute atomic E-state index is 0.00528. The van der Waals surface area contributed by atoms with Gasteiger partial charge in [-0.25, -0.2) is 19.2 Å². The summed E-state index contributed by atoms with van der Waals surface area (Å²) < 4.78 is 64.3. The number of hydrogen-bond donors (Lipinski definition) is 10. The highest BCUT2D eigenvalue weighted by Gasteiger charge is 2.39. The van der Waals surface area contributed by atoms with E-state index in [0.29, 0.717) is 110 Å². The normalized spacial score (nSPS) is 12.1. The van der Waals surface area contributed by atoms with Crippen LogP contribution >= 0.6 is 0 Å². The number of hydrogen-bond acceptors (Lipinski definition) is 20. The van der Waals surface area contributed by atoms with Crippen molar-refractivity contribution in [2.45, 2.75) is 112 Å². The minimum atomic E-state index is -2.63. The maximum atomic E-state index is 13.8. The number of nitrogens with zero attached hydrogens (tertiary/aromatic N) is 6. The summed E-state index contributed by atoms with van der Waals surface area (Å²) in [5.41, 5.74) is 42.5. The van der Waals surface area contributed by atoms with Crippen LogP contribution in [0.25, 0.3) is 54.5 Å². The number of benzene rings is 11. The van der Waals surface area contributed by atoms with E-state index < -0.39 is 119 Å². The molecule has 0 saturated heterocycles. The highest BCUT2D eigenvalue weighted by atomic mass is 19.2. The predicted octanol–water partition coefficient (Wildman–Crippen LogP) is 13.4. The molecule has 0 radical (unpaired) electrons. The van der Waals surface area contributed by atoms with E-state index in [4.69, 9.17) is 63.2 Å². The number of alkyl halides is 2. The van der Waals surface area contributed by atoms with E-state index >= 15 is 0 Å². The van der Waals surface area contributed by atoms with Crippen LogP contribution in [0.1, 0.15) is 134 Å². The number of ether oxygens (including phenoxy) is 5. The molecule has 5 heterocycles. The number of aromatic nitrogens is 5. The Morgan fingerprint density at radius 1 is 0.280 bits per heavy atom. The highest BCUT2D eigenvalue weighted by molar-refractivity contribution is 6.48. The summed E-state index contributed by atoms with van der Waals surface area (Å²) in [7, 11) is 5.08. The molecule has 36 nitrogen and oxygen atoms in total. The summed E-state index contributed by atoms with van der Waals surface area (Å²) in [6.45, 7) is 14.1. The number of fused-ring (bicyclic) bond motifs is 5. The zero-order chi connectivity index (χ0) is 109. The molecule has 150 heavy (non-hydrogen) atoms. The molecule has 0 saturated carbocycles. The van der Waals surface area contributed by atoms with Gasteiger partial charge in [0.25, 0.3) is 64.4 Å². The second-order valence-corrected chi connectivity index (χ2v) is 35.8. The molecule has 772 valence electrons. The van der Waals surface area contributed by atoms with Crippen molar-refractivity contribution in [2.75, 3.05) is 21.1 Å². The molecular formula is C112H107F2N12O24+. The van der Waals surface area contributed by atoms with Gasteiger partial charge in [0.2, 0.25) is 6.10 Å². The number of carboxylic acids is 4. The van der Waals surface area contributed by atoms with Gasteiger partial charge in [-0.1, -0.05) is 226 Å². The molecule has 16 aromatic rings. The number of carbonyl (C=O) groups is 15. The van der Waals surface area contributed by atoms with Crippen LogP contribution in [-0.4, -0.2) is 182 Å². The van der Waals surface area contributed by atoms with Crippen LogP contribution in [0.2, 0.25) is 0 Å². The number of rotatable bonds is 38. The molecule has 16 rings (SSSR count). The van der Waals surface area contributed by atoms with Crippen LogP contribution in [0.4, 0.5) is 8.78 Å². The van der Waals surface area contributed by atoms with E-state index in [9.17, 15) is 96.0 Å². The van der Waals surface area contributed by atoms with Crippen LogP contribution in [0.15, 0.2) is 273 Å². The standard InChI is InChI=1S/C26H22N2O5.C23H25N3O5.C23H24N2O5.C20H18FN3O4.C20H17FN2O5/c1-16-21(23(29)25(27)30)22-19(28(16)15-17-9-4-2-5-10-17)13-8-14-20(22)33-24(26(31)32)18-11-6-3-7-12-18;1-14-18(20(27)21(24)28)19-16(25(14)13-15-9-6-5-7-10-15)11-8-12-17(19)31-22(23(29)30)26(2,3)4;1-13(2)21(23(28)29)30-17-11-7-10-16-19(17)18(20(26)22(24)27)14(3)25(16)12-15-8-5-4-6-9-15;1-11-15(17(25)19(22)26)16-13(24(11)10-12-6-3-2-4-7-12)8-5-9-14(16)28-18(21)20(23)27;1-11-15(17(24)19(22)25)16-13(23(11)10-12-6-3-2-4-7-12)8-5-9-14(16)28-18(21)20(26)27/h2-14,24H,15H2,1H3,(H2,27,30)(H,31,32);5-12,22H,13H2,1-4H3,(H2-,24,28,29,30);4-11,13,21H,12H2,1-3H3,(H2,24,27)(H,28,29);2-9,18H,10H2,1H3,(H2,22,26)(H2,23,27);2-9,18H,10H2,1H3,(H2,22,25)(H,26,27)/p+1. The molecule has 0 aliphatic rings. The van der Waals surface area contributed by atoms with Gasteiger partial charge >= 0.3 is 42.8 Å². The van der Waals surface area contributed by atoms with Gasteiger partial charge in [-0.05, 0) is 123 Å². The molecule has 16 N–H and O–H groups in total. The summed E-state index contributed by atoms with van der Waals surface area (Å²) in [6, 6.07) is 80.9. The number of aliphatic carboxylic acids is 4. The number of Topliss-reactive ketones (excluding diaryl/α,β-unsaturated/α-hetero) is 5. The summed E-state index contributed by atoms with van der Waals surface area (Å²) in [5.74, 6) is -16.5. The third-order valence-electron chi connectivity index (χ3n) is 24.4. The van der Waals surface area contributed by atoms with E-state index in [0.717, 1.165) is 27.8 Å². The zero-order valence-electron chi connectivity index (χ0n) is 82.8. The van der Waals surface area contributed by atoms with Gasteiger partial charge in [-0.2, -0.15) is 8.78 Å². The van der Waals surface area contributed by atoms with Gasteiger partial charge in [-0.3, -0.25) is 57.2 Å². The van der Waals surface area contributed by atoms with E-state index in [1.54, 1.807) is 188 Å². The van der Waals surface area contributed by atoms with Crippen molar-refractivity contribution in [1.82, 2.24) is 22.8 Å². The number of carbonyl (C=O) groups excluding carboxylic acids is 11. The zero-order valence-corrected chi connectivity index (χ0v) is 82.8. The molecule has 0 bridgehead atoms. The fraction of sp³-hybridized carbons (Fsp3) is 0.188. The third kappa shape index (κ3) is 24.6. The molecule has 0 aliphatic heterocycles. The number of halogens is 2. The van der Waals surface area contributed by atoms with Crippen molar-refractivity contribution in [2.24, 2.45) is 40.3 Å². The first-order valence-electron chi connectivity index (χ1n) is 46.4. The smallest absolute Gasteiger partial charge is 0.405 e. The van der Waals surface area contributed by atoms with Gasteiger partial charge in [0.05, 0.1) is 103 Å².